The quantitative estimate of drug-likeness (QED) is 0.846. The molecular weight excluding hydrogens is 348 g/mol. The van der Waals surface area contributed by atoms with Crippen LogP contribution in [0.1, 0.15) is 42.3 Å². The summed E-state index contributed by atoms with van der Waals surface area (Å²) in [5.41, 5.74) is 2.37. The number of hydrogen-bond donors (Lipinski definition) is 2. The standard InChI is InChI=1S/C20H26N4O.ClH/c1-24-13-16(10-22-24)17-11-21-12-18(17)20(25)23-19(15-8-5-9-15)14-6-3-2-4-7-14;/h2-4,6-7,10,13,15,17-19,21H,5,8-9,11-12H2,1H3,(H,23,25);1H/t17-,18+,19?;/m1./s1. The van der Waals surface area contributed by atoms with E-state index in [0.29, 0.717) is 5.92 Å². The van der Waals surface area contributed by atoms with Gasteiger partial charge in [0.15, 0.2) is 0 Å². The molecule has 0 spiro atoms. The van der Waals surface area contributed by atoms with Crippen LogP contribution in [0.2, 0.25) is 0 Å². The third-order valence-corrected chi connectivity index (χ3v) is 5.78. The maximum absolute atomic E-state index is 13.1. The summed E-state index contributed by atoms with van der Waals surface area (Å²) >= 11 is 0. The molecule has 3 atom stereocenters. The van der Waals surface area contributed by atoms with Gasteiger partial charge in [-0.2, -0.15) is 5.10 Å². The number of benzene rings is 1. The van der Waals surface area contributed by atoms with Crippen molar-refractivity contribution in [3.05, 3.63) is 53.9 Å². The van der Waals surface area contributed by atoms with Crippen LogP contribution in [0.25, 0.3) is 0 Å². The average molecular weight is 375 g/mol. The van der Waals surface area contributed by atoms with Gasteiger partial charge in [0.2, 0.25) is 5.91 Å². The van der Waals surface area contributed by atoms with Gasteiger partial charge in [-0.05, 0) is 29.9 Å². The third kappa shape index (κ3) is 3.79. The van der Waals surface area contributed by atoms with Crippen LogP contribution in [0.5, 0.6) is 0 Å². The van der Waals surface area contributed by atoms with E-state index >= 15 is 0 Å². The summed E-state index contributed by atoms with van der Waals surface area (Å²) < 4.78 is 1.81. The lowest BCUT2D eigenvalue weighted by Gasteiger charge is -2.35. The van der Waals surface area contributed by atoms with E-state index in [2.05, 4.69) is 40.0 Å². The van der Waals surface area contributed by atoms with Crippen LogP contribution in [0.4, 0.5) is 0 Å². The summed E-state index contributed by atoms with van der Waals surface area (Å²) in [5, 5.41) is 11.0. The molecule has 2 N–H and O–H groups in total. The Morgan fingerprint density at radius 3 is 2.65 bits per heavy atom. The van der Waals surface area contributed by atoms with Crippen molar-refractivity contribution >= 4 is 18.3 Å². The molecule has 1 saturated carbocycles. The van der Waals surface area contributed by atoms with E-state index in [4.69, 9.17) is 0 Å². The van der Waals surface area contributed by atoms with Crippen LogP contribution in [-0.4, -0.2) is 28.8 Å². The molecular formula is C20H27ClN4O. The zero-order valence-electron chi connectivity index (χ0n) is 15.1. The summed E-state index contributed by atoms with van der Waals surface area (Å²) in [7, 11) is 1.92. The molecule has 0 radical (unpaired) electrons. The minimum absolute atomic E-state index is 0. The summed E-state index contributed by atoms with van der Waals surface area (Å²) in [6.07, 6.45) is 7.59. The molecule has 1 aromatic heterocycles. The summed E-state index contributed by atoms with van der Waals surface area (Å²) in [6.45, 7) is 1.57. The zero-order chi connectivity index (χ0) is 17.2. The highest BCUT2D eigenvalue weighted by atomic mass is 35.5. The number of carbonyl (C=O) groups is 1. The molecule has 1 amide bonds. The average Bonchev–Trinajstić information content (AvgIpc) is 3.22. The second-order valence-electron chi connectivity index (χ2n) is 7.41. The van der Waals surface area contributed by atoms with E-state index in [0.717, 1.165) is 18.7 Å². The lowest BCUT2D eigenvalue weighted by Crippen LogP contribution is -2.41. The second-order valence-corrected chi connectivity index (χ2v) is 7.41. The fourth-order valence-corrected chi connectivity index (χ4v) is 4.10. The number of rotatable bonds is 5. The summed E-state index contributed by atoms with van der Waals surface area (Å²) in [6, 6.07) is 10.6. The molecule has 2 heterocycles. The van der Waals surface area contributed by atoms with E-state index in [1.807, 2.05) is 30.2 Å². The van der Waals surface area contributed by atoms with E-state index in [9.17, 15) is 4.79 Å². The van der Waals surface area contributed by atoms with Gasteiger partial charge in [-0.3, -0.25) is 9.48 Å². The van der Waals surface area contributed by atoms with E-state index in [-0.39, 0.29) is 36.2 Å². The molecule has 5 nitrogen and oxygen atoms in total. The molecule has 1 aliphatic carbocycles. The van der Waals surface area contributed by atoms with Gasteiger partial charge in [0.05, 0.1) is 18.2 Å². The van der Waals surface area contributed by atoms with Gasteiger partial charge in [0.1, 0.15) is 0 Å². The Morgan fingerprint density at radius 2 is 2.04 bits per heavy atom. The number of halogens is 1. The van der Waals surface area contributed by atoms with Gasteiger partial charge in [0.25, 0.3) is 0 Å². The van der Waals surface area contributed by atoms with Gasteiger partial charge in [-0.15, -0.1) is 12.4 Å². The largest absolute Gasteiger partial charge is 0.349 e. The monoisotopic (exact) mass is 374 g/mol. The Bertz CT molecular complexity index is 728. The van der Waals surface area contributed by atoms with Crippen molar-refractivity contribution in [1.29, 1.82) is 0 Å². The van der Waals surface area contributed by atoms with E-state index in [1.165, 1.54) is 24.8 Å². The van der Waals surface area contributed by atoms with Gasteiger partial charge in [-0.25, -0.2) is 0 Å². The first-order valence-electron chi connectivity index (χ1n) is 9.27. The van der Waals surface area contributed by atoms with Gasteiger partial charge in [0, 0.05) is 32.3 Å². The zero-order valence-corrected chi connectivity index (χ0v) is 15.9. The first kappa shape index (κ1) is 18.9. The van der Waals surface area contributed by atoms with Crippen molar-refractivity contribution in [2.75, 3.05) is 13.1 Å². The van der Waals surface area contributed by atoms with Crippen molar-refractivity contribution in [2.45, 2.75) is 31.2 Å². The van der Waals surface area contributed by atoms with Crippen molar-refractivity contribution < 1.29 is 4.79 Å². The van der Waals surface area contributed by atoms with Crippen LogP contribution in [0, 0.1) is 11.8 Å². The normalized spacial score (nSPS) is 23.7. The smallest absolute Gasteiger partial charge is 0.225 e. The number of nitrogens with zero attached hydrogens (tertiary/aromatic N) is 2. The molecule has 6 heteroatoms. The molecule has 2 fully saturated rings. The minimum Gasteiger partial charge on any atom is -0.349 e. The topological polar surface area (TPSA) is 59.0 Å². The Morgan fingerprint density at radius 1 is 1.27 bits per heavy atom. The highest BCUT2D eigenvalue weighted by Crippen LogP contribution is 2.38. The lowest BCUT2D eigenvalue weighted by atomic mass is 9.77. The molecule has 2 aromatic rings. The molecule has 0 bridgehead atoms. The molecule has 140 valence electrons. The van der Waals surface area contributed by atoms with Crippen LogP contribution in [0.3, 0.4) is 0 Å². The highest BCUT2D eigenvalue weighted by Gasteiger charge is 2.37. The summed E-state index contributed by atoms with van der Waals surface area (Å²) in [5.74, 6) is 0.902. The van der Waals surface area contributed by atoms with Crippen molar-refractivity contribution in [2.24, 2.45) is 18.9 Å². The van der Waals surface area contributed by atoms with Crippen molar-refractivity contribution in [1.82, 2.24) is 20.4 Å². The lowest BCUT2D eigenvalue weighted by molar-refractivity contribution is -0.126. The van der Waals surface area contributed by atoms with Gasteiger partial charge in [-0.1, -0.05) is 36.8 Å². The first-order valence-corrected chi connectivity index (χ1v) is 9.27. The minimum atomic E-state index is -0.0320. The number of nitrogens with one attached hydrogen (secondary N) is 2. The Kier molecular flexibility index (Phi) is 5.99. The molecule has 4 rings (SSSR count). The van der Waals surface area contributed by atoms with Crippen molar-refractivity contribution in [3.8, 4) is 0 Å². The third-order valence-electron chi connectivity index (χ3n) is 5.78. The molecule has 26 heavy (non-hydrogen) atoms. The fourth-order valence-electron chi connectivity index (χ4n) is 4.10. The predicted octanol–water partition coefficient (Wildman–Crippen LogP) is 2.80. The Hall–Kier alpha value is -1.85. The molecule has 1 aromatic carbocycles. The SMILES string of the molecule is Cl.Cn1cc([C@H]2CNC[C@@H]2C(=O)NC(c2ccccc2)C2CCC2)cn1. The van der Waals surface area contributed by atoms with Gasteiger partial charge < -0.3 is 10.6 Å². The van der Waals surface area contributed by atoms with Crippen molar-refractivity contribution in [3.63, 3.8) is 0 Å². The van der Waals surface area contributed by atoms with Gasteiger partial charge >= 0.3 is 0 Å². The Balaban J connectivity index is 0.00000196. The highest BCUT2D eigenvalue weighted by molar-refractivity contribution is 5.85. The molecule has 1 aliphatic heterocycles. The number of aromatic nitrogens is 2. The number of carbonyl (C=O) groups excluding carboxylic acids is 1. The number of aryl methyl sites for hydroxylation is 1. The maximum atomic E-state index is 13.1. The fraction of sp³-hybridized carbons (Fsp3) is 0.500. The van der Waals surface area contributed by atoms with Crippen LogP contribution in [-0.2, 0) is 11.8 Å². The first-order chi connectivity index (χ1) is 12.2. The summed E-state index contributed by atoms with van der Waals surface area (Å²) in [4.78, 5) is 13.1. The molecule has 1 unspecified atom stereocenters. The second kappa shape index (κ2) is 8.23. The van der Waals surface area contributed by atoms with E-state index < -0.39 is 0 Å². The predicted molar refractivity (Wildman–Crippen MR) is 104 cm³/mol. The Labute approximate surface area is 161 Å². The van der Waals surface area contributed by atoms with Crippen LogP contribution in [0.15, 0.2) is 42.7 Å². The van der Waals surface area contributed by atoms with Crippen LogP contribution >= 0.6 is 12.4 Å². The molecule has 2 aliphatic rings. The maximum Gasteiger partial charge on any atom is 0.225 e. The molecule has 1 saturated heterocycles. The number of hydrogen-bond acceptors (Lipinski definition) is 3. The van der Waals surface area contributed by atoms with Crippen LogP contribution < -0.4 is 10.6 Å². The number of amides is 1. The van der Waals surface area contributed by atoms with E-state index in [1.54, 1.807) is 0 Å².